The number of aryl methyl sites for hydroxylation is 1. The molecule has 0 saturated heterocycles. The first-order valence-electron chi connectivity index (χ1n) is 7.24. The molecule has 0 amide bonds. The molecule has 10 heteroatoms. The van der Waals surface area contributed by atoms with E-state index in [0.29, 0.717) is 18.4 Å². The van der Waals surface area contributed by atoms with Crippen molar-refractivity contribution in [1.82, 2.24) is 9.97 Å². The lowest BCUT2D eigenvalue weighted by Gasteiger charge is -2.15. The average molecular weight is 374 g/mol. The summed E-state index contributed by atoms with van der Waals surface area (Å²) >= 11 is 5.75. The standard InChI is InChI=1S/C15H11ClF3N3O3/c1-7-13(25-14-10(22(23)24)4-5-12(16)21-14)9(8-2-3-8)6-11(20-7)15(17,18)19/h4-6,8H,2-3H2,1H3. The Balaban J connectivity index is 2.09. The van der Waals surface area contributed by atoms with Crippen LogP contribution in [0.4, 0.5) is 18.9 Å². The van der Waals surface area contributed by atoms with E-state index in [1.54, 1.807) is 0 Å². The summed E-state index contributed by atoms with van der Waals surface area (Å²) in [5.41, 5.74) is -1.16. The molecule has 1 aliphatic carbocycles. The third-order valence-electron chi connectivity index (χ3n) is 3.68. The molecule has 2 aromatic rings. The van der Waals surface area contributed by atoms with Gasteiger partial charge in [0.15, 0.2) is 5.75 Å². The molecule has 6 nitrogen and oxygen atoms in total. The molecule has 132 valence electrons. The van der Waals surface area contributed by atoms with Crippen LogP contribution < -0.4 is 4.74 Å². The summed E-state index contributed by atoms with van der Waals surface area (Å²) in [6, 6.07) is 3.27. The highest BCUT2D eigenvalue weighted by Crippen LogP contribution is 2.48. The highest BCUT2D eigenvalue weighted by molar-refractivity contribution is 6.29. The van der Waals surface area contributed by atoms with Crippen molar-refractivity contribution in [1.29, 1.82) is 0 Å². The van der Waals surface area contributed by atoms with Crippen LogP contribution in [0.5, 0.6) is 11.6 Å². The molecule has 0 N–H and O–H groups in total. The highest BCUT2D eigenvalue weighted by atomic mass is 35.5. The second-order valence-electron chi connectivity index (χ2n) is 5.60. The topological polar surface area (TPSA) is 78.2 Å². The van der Waals surface area contributed by atoms with Crippen LogP contribution in [0.3, 0.4) is 0 Å². The number of aromatic nitrogens is 2. The van der Waals surface area contributed by atoms with Crippen molar-refractivity contribution in [3.8, 4) is 11.6 Å². The fraction of sp³-hybridized carbons (Fsp3) is 0.333. The molecule has 2 heterocycles. The molecular weight excluding hydrogens is 363 g/mol. The lowest BCUT2D eigenvalue weighted by molar-refractivity contribution is -0.386. The van der Waals surface area contributed by atoms with Gasteiger partial charge < -0.3 is 4.74 Å². The van der Waals surface area contributed by atoms with E-state index in [4.69, 9.17) is 16.3 Å². The summed E-state index contributed by atoms with van der Waals surface area (Å²) in [5.74, 6) is -0.437. The first kappa shape index (κ1) is 17.4. The SMILES string of the molecule is Cc1nc(C(F)(F)F)cc(C2CC2)c1Oc1nc(Cl)ccc1[N+](=O)[O-]. The molecule has 0 bridgehead atoms. The zero-order valence-corrected chi connectivity index (χ0v) is 13.6. The van der Waals surface area contributed by atoms with Gasteiger partial charge >= 0.3 is 17.7 Å². The van der Waals surface area contributed by atoms with Crippen molar-refractivity contribution in [2.24, 2.45) is 0 Å². The molecule has 0 radical (unpaired) electrons. The Hall–Kier alpha value is -2.42. The number of rotatable bonds is 4. The summed E-state index contributed by atoms with van der Waals surface area (Å²) in [6.45, 7) is 1.35. The fourth-order valence-corrected chi connectivity index (χ4v) is 2.52. The van der Waals surface area contributed by atoms with Gasteiger partial charge in [0.05, 0.1) is 10.6 Å². The molecule has 0 spiro atoms. The molecule has 2 aromatic heterocycles. The predicted molar refractivity (Wildman–Crippen MR) is 81.9 cm³/mol. The minimum absolute atomic E-state index is 0.0206. The van der Waals surface area contributed by atoms with Gasteiger partial charge in [0, 0.05) is 11.6 Å². The van der Waals surface area contributed by atoms with Crippen LogP contribution in [-0.4, -0.2) is 14.9 Å². The van der Waals surface area contributed by atoms with Crippen LogP contribution in [0.2, 0.25) is 5.15 Å². The Morgan fingerprint density at radius 3 is 2.56 bits per heavy atom. The van der Waals surface area contributed by atoms with E-state index in [1.807, 2.05) is 0 Å². The second-order valence-corrected chi connectivity index (χ2v) is 5.99. The fourth-order valence-electron chi connectivity index (χ4n) is 2.38. The zero-order valence-electron chi connectivity index (χ0n) is 12.8. The van der Waals surface area contributed by atoms with Gasteiger partial charge in [0.1, 0.15) is 10.8 Å². The second kappa shape index (κ2) is 6.14. The first-order valence-corrected chi connectivity index (χ1v) is 7.62. The Morgan fingerprint density at radius 2 is 2.00 bits per heavy atom. The molecule has 0 aromatic carbocycles. The van der Waals surface area contributed by atoms with Gasteiger partial charge in [-0.1, -0.05) is 11.6 Å². The molecule has 0 unspecified atom stereocenters. The summed E-state index contributed by atoms with van der Waals surface area (Å²) in [7, 11) is 0. The van der Waals surface area contributed by atoms with Crippen LogP contribution in [0.15, 0.2) is 18.2 Å². The normalized spacial score (nSPS) is 14.4. The van der Waals surface area contributed by atoms with Gasteiger partial charge in [-0.15, -0.1) is 0 Å². The third-order valence-corrected chi connectivity index (χ3v) is 3.89. The van der Waals surface area contributed by atoms with Crippen LogP contribution >= 0.6 is 11.6 Å². The van der Waals surface area contributed by atoms with E-state index in [9.17, 15) is 23.3 Å². The Bertz CT molecular complexity index is 854. The van der Waals surface area contributed by atoms with E-state index < -0.39 is 22.5 Å². The molecule has 25 heavy (non-hydrogen) atoms. The van der Waals surface area contributed by atoms with Gasteiger partial charge in [-0.05, 0) is 37.8 Å². The number of nitrogens with zero attached hydrogens (tertiary/aromatic N) is 3. The Morgan fingerprint density at radius 1 is 1.32 bits per heavy atom. The number of hydrogen-bond acceptors (Lipinski definition) is 5. The van der Waals surface area contributed by atoms with Crippen molar-refractivity contribution in [2.75, 3.05) is 0 Å². The van der Waals surface area contributed by atoms with E-state index >= 15 is 0 Å². The maximum absolute atomic E-state index is 13.0. The van der Waals surface area contributed by atoms with Crippen molar-refractivity contribution >= 4 is 17.3 Å². The van der Waals surface area contributed by atoms with E-state index in [2.05, 4.69) is 9.97 Å². The average Bonchev–Trinajstić information content (AvgIpc) is 3.32. The number of pyridine rings is 2. The van der Waals surface area contributed by atoms with E-state index in [0.717, 1.165) is 12.1 Å². The van der Waals surface area contributed by atoms with E-state index in [1.165, 1.54) is 13.0 Å². The smallest absolute Gasteiger partial charge is 0.431 e. The third kappa shape index (κ3) is 3.65. The largest absolute Gasteiger partial charge is 0.433 e. The molecule has 0 aliphatic heterocycles. The minimum atomic E-state index is -4.59. The van der Waals surface area contributed by atoms with Crippen molar-refractivity contribution in [2.45, 2.75) is 31.9 Å². The quantitative estimate of drug-likeness (QED) is 0.426. The van der Waals surface area contributed by atoms with Crippen LogP contribution in [0, 0.1) is 17.0 Å². The van der Waals surface area contributed by atoms with Crippen LogP contribution in [0.1, 0.15) is 35.7 Å². The number of alkyl halides is 3. The van der Waals surface area contributed by atoms with Crippen molar-refractivity contribution < 1.29 is 22.8 Å². The minimum Gasteiger partial charge on any atom is -0.431 e. The molecular formula is C15H11ClF3N3O3. The van der Waals surface area contributed by atoms with Crippen LogP contribution in [0.25, 0.3) is 0 Å². The zero-order chi connectivity index (χ0) is 18.4. The molecule has 1 saturated carbocycles. The summed E-state index contributed by atoms with van der Waals surface area (Å²) in [4.78, 5) is 17.7. The van der Waals surface area contributed by atoms with Gasteiger partial charge in [0.25, 0.3) is 0 Å². The first-order chi connectivity index (χ1) is 11.7. The lowest BCUT2D eigenvalue weighted by atomic mass is 10.1. The monoisotopic (exact) mass is 373 g/mol. The van der Waals surface area contributed by atoms with Gasteiger partial charge in [-0.25, -0.2) is 4.98 Å². The number of hydrogen-bond donors (Lipinski definition) is 0. The van der Waals surface area contributed by atoms with Gasteiger partial charge in [-0.3, -0.25) is 10.1 Å². The molecule has 1 aliphatic rings. The summed E-state index contributed by atoms with van der Waals surface area (Å²) in [5, 5.41) is 11.1. The van der Waals surface area contributed by atoms with Gasteiger partial charge in [-0.2, -0.15) is 18.2 Å². The maximum atomic E-state index is 13.0. The van der Waals surface area contributed by atoms with E-state index in [-0.39, 0.29) is 28.4 Å². The number of ether oxygens (including phenoxy) is 1. The van der Waals surface area contributed by atoms with Crippen LogP contribution in [-0.2, 0) is 6.18 Å². The van der Waals surface area contributed by atoms with Crippen molar-refractivity contribution in [3.05, 3.63) is 50.4 Å². The summed E-state index contributed by atoms with van der Waals surface area (Å²) < 4.78 is 44.5. The summed E-state index contributed by atoms with van der Waals surface area (Å²) in [6.07, 6.45) is -3.17. The van der Waals surface area contributed by atoms with Crippen molar-refractivity contribution in [3.63, 3.8) is 0 Å². The number of nitro groups is 1. The Kier molecular flexibility index (Phi) is 4.28. The number of halogens is 4. The van der Waals surface area contributed by atoms with Gasteiger partial charge in [0.2, 0.25) is 0 Å². The Labute approximate surface area is 144 Å². The molecule has 1 fully saturated rings. The highest BCUT2D eigenvalue weighted by Gasteiger charge is 2.37. The molecule has 0 atom stereocenters. The predicted octanol–water partition coefficient (Wildman–Crippen LogP) is 5.04. The maximum Gasteiger partial charge on any atom is 0.433 e. The molecule has 3 rings (SSSR count). The lowest BCUT2D eigenvalue weighted by Crippen LogP contribution is -2.11.